The Morgan fingerprint density at radius 1 is 1.67 bits per heavy atom. The zero-order valence-electron chi connectivity index (χ0n) is 7.96. The van der Waals surface area contributed by atoms with Gasteiger partial charge in [0.25, 0.3) is 0 Å². The van der Waals surface area contributed by atoms with Crippen LogP contribution >= 0.6 is 0 Å². The quantitative estimate of drug-likeness (QED) is 0.376. The standard InChI is InChI=1S/C8H16N2O2/c1-6(7(11)9-4)8(2,3)5-10-12/h5-6,12H,1-4H3,(H,9,11). The highest BCUT2D eigenvalue weighted by Crippen LogP contribution is 2.23. The largest absolute Gasteiger partial charge is 0.411 e. The highest BCUT2D eigenvalue weighted by atomic mass is 16.4. The van der Waals surface area contributed by atoms with E-state index in [0.717, 1.165) is 0 Å². The van der Waals surface area contributed by atoms with Crippen molar-refractivity contribution in [3.8, 4) is 0 Å². The minimum absolute atomic E-state index is 0.0556. The van der Waals surface area contributed by atoms with Gasteiger partial charge in [0.05, 0.1) is 0 Å². The Balaban J connectivity index is 4.44. The first kappa shape index (κ1) is 10.9. The third-order valence-electron chi connectivity index (χ3n) is 2.15. The van der Waals surface area contributed by atoms with Gasteiger partial charge in [-0.25, -0.2) is 0 Å². The van der Waals surface area contributed by atoms with Gasteiger partial charge in [0.1, 0.15) is 0 Å². The van der Waals surface area contributed by atoms with Crippen molar-refractivity contribution in [3.63, 3.8) is 0 Å². The van der Waals surface area contributed by atoms with Gasteiger partial charge in [-0.15, -0.1) is 5.16 Å². The lowest BCUT2D eigenvalue weighted by Gasteiger charge is -2.25. The lowest BCUT2D eigenvalue weighted by atomic mass is 9.80. The van der Waals surface area contributed by atoms with Gasteiger partial charge in [-0.2, -0.15) is 0 Å². The van der Waals surface area contributed by atoms with Crippen molar-refractivity contribution in [2.24, 2.45) is 16.5 Å². The average molecular weight is 172 g/mol. The Bertz CT molecular complexity index is 187. The van der Waals surface area contributed by atoms with E-state index in [-0.39, 0.29) is 11.8 Å². The van der Waals surface area contributed by atoms with Crippen molar-refractivity contribution in [2.45, 2.75) is 20.8 Å². The van der Waals surface area contributed by atoms with Gasteiger partial charge >= 0.3 is 0 Å². The van der Waals surface area contributed by atoms with Crippen LogP contribution in [-0.4, -0.2) is 24.4 Å². The molecule has 0 radical (unpaired) electrons. The smallest absolute Gasteiger partial charge is 0.223 e. The molecule has 1 unspecified atom stereocenters. The summed E-state index contributed by atoms with van der Waals surface area (Å²) in [5, 5.41) is 13.8. The van der Waals surface area contributed by atoms with E-state index in [9.17, 15) is 4.79 Å². The molecule has 0 bridgehead atoms. The first-order valence-corrected chi connectivity index (χ1v) is 3.86. The van der Waals surface area contributed by atoms with Crippen molar-refractivity contribution in [1.29, 1.82) is 0 Å². The predicted octanol–water partition coefficient (Wildman–Crippen LogP) is 0.855. The SMILES string of the molecule is CNC(=O)C(C)C(C)(C)C=NO. The third kappa shape index (κ3) is 2.53. The summed E-state index contributed by atoms with van der Waals surface area (Å²) in [6, 6.07) is 0. The van der Waals surface area contributed by atoms with Crippen LogP contribution in [0, 0.1) is 11.3 Å². The number of carbonyl (C=O) groups excluding carboxylic acids is 1. The van der Waals surface area contributed by atoms with E-state index in [1.807, 2.05) is 13.8 Å². The monoisotopic (exact) mass is 172 g/mol. The Labute approximate surface area is 72.6 Å². The number of nitrogens with zero attached hydrogens (tertiary/aromatic N) is 1. The minimum Gasteiger partial charge on any atom is -0.411 e. The van der Waals surface area contributed by atoms with Crippen LogP contribution in [0.1, 0.15) is 20.8 Å². The summed E-state index contributed by atoms with van der Waals surface area (Å²) >= 11 is 0. The normalized spacial score (nSPS) is 14.7. The molecule has 0 aromatic heterocycles. The summed E-state index contributed by atoms with van der Waals surface area (Å²) in [6.45, 7) is 5.47. The second kappa shape index (κ2) is 4.09. The first-order chi connectivity index (χ1) is 5.45. The molecule has 2 N–H and O–H groups in total. The molecule has 0 aromatic carbocycles. The molecule has 1 atom stereocenters. The van der Waals surface area contributed by atoms with E-state index in [4.69, 9.17) is 5.21 Å². The van der Waals surface area contributed by atoms with Crippen molar-refractivity contribution in [2.75, 3.05) is 7.05 Å². The summed E-state index contributed by atoms with van der Waals surface area (Å²) in [5.41, 5.74) is -0.422. The Morgan fingerprint density at radius 2 is 2.17 bits per heavy atom. The molecule has 0 spiro atoms. The molecule has 0 saturated carbocycles. The van der Waals surface area contributed by atoms with Gasteiger partial charge in [-0.05, 0) is 0 Å². The molecule has 4 nitrogen and oxygen atoms in total. The van der Waals surface area contributed by atoms with Crippen LogP contribution < -0.4 is 5.32 Å². The van der Waals surface area contributed by atoms with E-state index in [0.29, 0.717) is 0 Å². The maximum atomic E-state index is 11.2. The lowest BCUT2D eigenvalue weighted by molar-refractivity contribution is -0.125. The summed E-state index contributed by atoms with van der Waals surface area (Å²) in [4.78, 5) is 11.2. The molecule has 12 heavy (non-hydrogen) atoms. The van der Waals surface area contributed by atoms with E-state index >= 15 is 0 Å². The van der Waals surface area contributed by atoms with Crippen molar-refractivity contribution in [3.05, 3.63) is 0 Å². The molecule has 0 heterocycles. The van der Waals surface area contributed by atoms with Gasteiger partial charge in [-0.3, -0.25) is 4.79 Å². The molecular formula is C8H16N2O2. The molecule has 0 aliphatic carbocycles. The molecular weight excluding hydrogens is 156 g/mol. The van der Waals surface area contributed by atoms with Crippen LogP contribution in [0.3, 0.4) is 0 Å². The number of carbonyl (C=O) groups is 1. The van der Waals surface area contributed by atoms with E-state index in [1.54, 1.807) is 14.0 Å². The van der Waals surface area contributed by atoms with Gasteiger partial charge in [-0.1, -0.05) is 20.8 Å². The fraction of sp³-hybridized carbons (Fsp3) is 0.750. The fourth-order valence-electron chi connectivity index (χ4n) is 0.815. The number of oxime groups is 1. The van der Waals surface area contributed by atoms with Gasteiger partial charge in [0, 0.05) is 24.6 Å². The second-order valence-electron chi connectivity index (χ2n) is 3.40. The minimum atomic E-state index is -0.422. The molecule has 1 amide bonds. The lowest BCUT2D eigenvalue weighted by Crippen LogP contribution is -2.36. The molecule has 0 aliphatic rings. The molecule has 0 saturated heterocycles. The number of hydrogen-bond donors (Lipinski definition) is 2. The Kier molecular flexibility index (Phi) is 3.73. The number of rotatable bonds is 3. The topological polar surface area (TPSA) is 61.7 Å². The van der Waals surface area contributed by atoms with Gasteiger partial charge in [0.15, 0.2) is 0 Å². The van der Waals surface area contributed by atoms with E-state index < -0.39 is 5.41 Å². The highest BCUT2D eigenvalue weighted by molar-refractivity contribution is 5.83. The molecule has 0 aromatic rings. The van der Waals surface area contributed by atoms with Crippen molar-refractivity contribution in [1.82, 2.24) is 5.32 Å². The van der Waals surface area contributed by atoms with Crippen LogP contribution in [0.4, 0.5) is 0 Å². The average Bonchev–Trinajstić information content (AvgIpc) is 2.01. The van der Waals surface area contributed by atoms with Crippen LogP contribution in [0.15, 0.2) is 5.16 Å². The number of amides is 1. The maximum absolute atomic E-state index is 11.2. The van der Waals surface area contributed by atoms with Crippen LogP contribution in [0.2, 0.25) is 0 Å². The number of nitrogens with one attached hydrogen (secondary N) is 1. The predicted molar refractivity (Wildman–Crippen MR) is 47.3 cm³/mol. The second-order valence-corrected chi connectivity index (χ2v) is 3.40. The Morgan fingerprint density at radius 3 is 2.50 bits per heavy atom. The molecule has 0 fully saturated rings. The highest BCUT2D eigenvalue weighted by Gasteiger charge is 2.29. The molecule has 4 heteroatoms. The summed E-state index contributed by atoms with van der Waals surface area (Å²) < 4.78 is 0. The Hall–Kier alpha value is -1.06. The van der Waals surface area contributed by atoms with Crippen molar-refractivity contribution >= 4 is 12.1 Å². The van der Waals surface area contributed by atoms with Crippen LogP contribution in [0.5, 0.6) is 0 Å². The third-order valence-corrected chi connectivity index (χ3v) is 2.15. The zero-order chi connectivity index (χ0) is 9.78. The molecule has 0 aliphatic heterocycles. The zero-order valence-corrected chi connectivity index (χ0v) is 7.96. The first-order valence-electron chi connectivity index (χ1n) is 3.86. The summed E-state index contributed by atoms with van der Waals surface area (Å²) in [6.07, 6.45) is 1.37. The van der Waals surface area contributed by atoms with Gasteiger partial charge in [0.2, 0.25) is 5.91 Å². The van der Waals surface area contributed by atoms with Crippen LogP contribution in [-0.2, 0) is 4.79 Å². The molecule has 70 valence electrons. The fourth-order valence-corrected chi connectivity index (χ4v) is 0.815. The van der Waals surface area contributed by atoms with E-state index in [2.05, 4.69) is 10.5 Å². The molecule has 0 rings (SSSR count). The van der Waals surface area contributed by atoms with E-state index in [1.165, 1.54) is 6.21 Å². The van der Waals surface area contributed by atoms with Crippen molar-refractivity contribution < 1.29 is 10.0 Å². The summed E-state index contributed by atoms with van der Waals surface area (Å²) in [5.74, 6) is -0.265. The summed E-state index contributed by atoms with van der Waals surface area (Å²) in [7, 11) is 1.59. The number of hydrogen-bond acceptors (Lipinski definition) is 3. The van der Waals surface area contributed by atoms with Crippen LogP contribution in [0.25, 0.3) is 0 Å². The maximum Gasteiger partial charge on any atom is 0.223 e. The van der Waals surface area contributed by atoms with Gasteiger partial charge < -0.3 is 10.5 Å².